The van der Waals surface area contributed by atoms with E-state index in [-0.39, 0.29) is 11.3 Å². The average Bonchev–Trinajstić information content (AvgIpc) is 2.36. The van der Waals surface area contributed by atoms with Gasteiger partial charge in [0.15, 0.2) is 0 Å². The first-order valence-corrected chi connectivity index (χ1v) is 7.66. The summed E-state index contributed by atoms with van der Waals surface area (Å²) in [5.41, 5.74) is 1.00. The van der Waals surface area contributed by atoms with Gasteiger partial charge in [-0.15, -0.1) is 0 Å². The Morgan fingerprint density at radius 2 is 1.95 bits per heavy atom. The lowest BCUT2D eigenvalue weighted by Crippen LogP contribution is -2.40. The third-order valence-electron chi connectivity index (χ3n) is 3.56. The lowest BCUT2D eigenvalue weighted by atomic mass is 10.1. The molecule has 1 aromatic rings. The predicted molar refractivity (Wildman–Crippen MR) is 83.5 cm³/mol. The van der Waals surface area contributed by atoms with Gasteiger partial charge in [0.1, 0.15) is 0 Å². The van der Waals surface area contributed by atoms with Crippen LogP contribution in [0.15, 0.2) is 12.1 Å². The molecule has 0 radical (unpaired) electrons. The van der Waals surface area contributed by atoms with Crippen molar-refractivity contribution in [2.24, 2.45) is 0 Å². The van der Waals surface area contributed by atoms with Crippen molar-refractivity contribution in [3.8, 4) is 0 Å². The molecule has 1 aromatic carbocycles. The molecule has 2 unspecified atom stereocenters. The quantitative estimate of drug-likeness (QED) is 0.682. The first kappa shape index (κ1) is 15.6. The summed E-state index contributed by atoms with van der Waals surface area (Å²) < 4.78 is 0. The molecule has 6 nitrogen and oxygen atoms in total. The summed E-state index contributed by atoms with van der Waals surface area (Å²) in [6.07, 6.45) is 0. The van der Waals surface area contributed by atoms with Gasteiger partial charge in [-0.1, -0.05) is 13.8 Å². The van der Waals surface area contributed by atoms with Crippen LogP contribution in [0.25, 0.3) is 0 Å². The highest BCUT2D eigenvalue weighted by molar-refractivity contribution is 8.00. The molecule has 1 heterocycles. The number of thioether (sulfide) groups is 1. The zero-order valence-corrected chi connectivity index (χ0v) is 13.0. The summed E-state index contributed by atoms with van der Waals surface area (Å²) in [4.78, 5) is 23.9. The maximum atomic E-state index is 11.2. The molecule has 1 aliphatic heterocycles. The maximum absolute atomic E-state index is 11.2. The van der Waals surface area contributed by atoms with Crippen molar-refractivity contribution in [2.45, 2.75) is 31.3 Å². The molecule has 2 atom stereocenters. The number of carboxylic acids is 1. The van der Waals surface area contributed by atoms with E-state index in [1.165, 1.54) is 0 Å². The molecular formula is C14H18N2O4S. The number of carbonyl (C=O) groups is 1. The van der Waals surface area contributed by atoms with Crippen molar-refractivity contribution in [1.82, 2.24) is 0 Å². The van der Waals surface area contributed by atoms with Crippen LogP contribution >= 0.6 is 11.8 Å². The van der Waals surface area contributed by atoms with Crippen molar-refractivity contribution in [3.63, 3.8) is 0 Å². The van der Waals surface area contributed by atoms with Crippen molar-refractivity contribution in [3.05, 3.63) is 33.4 Å². The lowest BCUT2D eigenvalue weighted by Gasteiger charge is -2.37. The van der Waals surface area contributed by atoms with Crippen LogP contribution in [0.3, 0.4) is 0 Å². The molecule has 0 amide bonds. The van der Waals surface area contributed by atoms with E-state index in [1.807, 2.05) is 11.8 Å². The van der Waals surface area contributed by atoms with Gasteiger partial charge in [0.2, 0.25) is 0 Å². The molecular weight excluding hydrogens is 292 g/mol. The predicted octanol–water partition coefficient (Wildman–Crippen LogP) is 2.93. The molecule has 0 aliphatic carbocycles. The zero-order valence-electron chi connectivity index (χ0n) is 12.2. The molecule has 1 N–H and O–H groups in total. The normalized spacial score (nSPS) is 22.1. The second-order valence-corrected chi connectivity index (χ2v) is 7.25. The second-order valence-electron chi connectivity index (χ2n) is 5.36. The maximum Gasteiger partial charge on any atom is 0.336 e. The fraction of sp³-hybridized carbons (Fsp3) is 0.500. The van der Waals surface area contributed by atoms with Gasteiger partial charge in [-0.25, -0.2) is 4.79 Å². The van der Waals surface area contributed by atoms with E-state index >= 15 is 0 Å². The molecule has 1 fully saturated rings. The number of carboxylic acid groups (broad SMARTS) is 1. The van der Waals surface area contributed by atoms with Crippen molar-refractivity contribution < 1.29 is 14.8 Å². The smallest absolute Gasteiger partial charge is 0.336 e. The highest BCUT2D eigenvalue weighted by atomic mass is 32.2. The number of hydrogen-bond donors (Lipinski definition) is 1. The Labute approximate surface area is 127 Å². The van der Waals surface area contributed by atoms with E-state index in [0.29, 0.717) is 21.8 Å². The zero-order chi connectivity index (χ0) is 15.7. The van der Waals surface area contributed by atoms with Crippen molar-refractivity contribution in [2.75, 3.05) is 18.0 Å². The fourth-order valence-corrected chi connectivity index (χ4v) is 4.03. The van der Waals surface area contributed by atoms with Crippen LogP contribution in [0, 0.1) is 17.0 Å². The first-order valence-electron chi connectivity index (χ1n) is 6.72. The summed E-state index contributed by atoms with van der Waals surface area (Å²) in [6.45, 7) is 7.42. The van der Waals surface area contributed by atoms with Crippen LogP contribution in [-0.2, 0) is 0 Å². The van der Waals surface area contributed by atoms with E-state index < -0.39 is 10.9 Å². The summed E-state index contributed by atoms with van der Waals surface area (Å²) in [7, 11) is 0. The fourth-order valence-electron chi connectivity index (χ4n) is 2.70. The van der Waals surface area contributed by atoms with Gasteiger partial charge < -0.3 is 10.0 Å². The molecule has 0 aromatic heterocycles. The number of nitrogens with zero attached hydrogens (tertiary/aromatic N) is 2. The topological polar surface area (TPSA) is 83.7 Å². The van der Waals surface area contributed by atoms with Crippen LogP contribution in [0.2, 0.25) is 0 Å². The standard InChI is InChI=1S/C14H18N2O4S/c1-8-6-15(7-9(2)21-8)12-4-11(14(17)18)5-13(10(12)3)16(19)20/h4-5,8-9H,6-7H2,1-3H3,(H,17,18). The molecule has 0 saturated carbocycles. The van der Waals surface area contributed by atoms with E-state index in [9.17, 15) is 14.9 Å². The lowest BCUT2D eigenvalue weighted by molar-refractivity contribution is -0.385. The Balaban J connectivity index is 2.51. The molecule has 0 spiro atoms. The molecule has 0 bridgehead atoms. The number of rotatable bonds is 3. The molecule has 7 heteroatoms. The van der Waals surface area contributed by atoms with Gasteiger partial charge in [0.05, 0.1) is 16.1 Å². The van der Waals surface area contributed by atoms with Gasteiger partial charge >= 0.3 is 5.97 Å². The summed E-state index contributed by atoms with van der Waals surface area (Å²) in [5, 5.41) is 21.1. The van der Waals surface area contributed by atoms with E-state index in [1.54, 1.807) is 13.0 Å². The van der Waals surface area contributed by atoms with Crippen LogP contribution in [0.5, 0.6) is 0 Å². The summed E-state index contributed by atoms with van der Waals surface area (Å²) >= 11 is 1.87. The van der Waals surface area contributed by atoms with Gasteiger partial charge in [0.25, 0.3) is 5.69 Å². The largest absolute Gasteiger partial charge is 0.478 e. The van der Waals surface area contributed by atoms with E-state index in [2.05, 4.69) is 18.7 Å². The van der Waals surface area contributed by atoms with Gasteiger partial charge in [-0.05, 0) is 13.0 Å². The van der Waals surface area contributed by atoms with Gasteiger partial charge in [-0.2, -0.15) is 11.8 Å². The minimum absolute atomic E-state index is 0.0409. The number of aromatic carboxylic acids is 1. The number of nitro benzene ring substituents is 1. The monoisotopic (exact) mass is 310 g/mol. The Kier molecular flexibility index (Phi) is 4.41. The number of nitro groups is 1. The van der Waals surface area contributed by atoms with Crippen LogP contribution < -0.4 is 4.90 Å². The molecule has 1 saturated heterocycles. The minimum atomic E-state index is -1.15. The number of hydrogen-bond acceptors (Lipinski definition) is 5. The highest BCUT2D eigenvalue weighted by Gasteiger charge is 2.27. The van der Waals surface area contributed by atoms with Crippen LogP contribution in [0.1, 0.15) is 29.8 Å². The Hall–Kier alpha value is -1.76. The van der Waals surface area contributed by atoms with Gasteiger partial charge in [0, 0.05) is 35.3 Å². The Morgan fingerprint density at radius 1 is 1.38 bits per heavy atom. The van der Waals surface area contributed by atoms with E-state index in [0.717, 1.165) is 19.2 Å². The molecule has 2 rings (SSSR count). The van der Waals surface area contributed by atoms with E-state index in [4.69, 9.17) is 5.11 Å². The highest BCUT2D eigenvalue weighted by Crippen LogP contribution is 2.35. The molecule has 21 heavy (non-hydrogen) atoms. The average molecular weight is 310 g/mol. The number of benzene rings is 1. The minimum Gasteiger partial charge on any atom is -0.478 e. The van der Waals surface area contributed by atoms with Crippen molar-refractivity contribution in [1.29, 1.82) is 0 Å². The Bertz CT molecular complexity index is 581. The molecule has 114 valence electrons. The third-order valence-corrected chi connectivity index (χ3v) is 4.78. The van der Waals surface area contributed by atoms with Crippen LogP contribution in [-0.4, -0.2) is 39.6 Å². The second kappa shape index (κ2) is 5.93. The van der Waals surface area contributed by atoms with Crippen molar-refractivity contribution >= 4 is 29.1 Å². The number of anilines is 1. The third kappa shape index (κ3) is 3.29. The summed E-state index contributed by atoms with van der Waals surface area (Å²) in [5.74, 6) is -1.15. The first-order chi connectivity index (χ1) is 9.79. The Morgan fingerprint density at radius 3 is 2.43 bits per heavy atom. The van der Waals surface area contributed by atoms with Gasteiger partial charge in [-0.3, -0.25) is 10.1 Å². The molecule has 1 aliphatic rings. The summed E-state index contributed by atoms with van der Waals surface area (Å²) in [6, 6.07) is 2.67. The van der Waals surface area contributed by atoms with Crippen LogP contribution in [0.4, 0.5) is 11.4 Å². The SMILES string of the molecule is Cc1c(N2CC(C)SC(C)C2)cc(C(=O)O)cc1[N+](=O)[O-].